The van der Waals surface area contributed by atoms with Crippen molar-refractivity contribution in [3.8, 4) is 0 Å². The fourth-order valence-corrected chi connectivity index (χ4v) is 4.55. The van der Waals surface area contributed by atoms with Crippen molar-refractivity contribution in [2.24, 2.45) is 16.7 Å². The quantitative estimate of drug-likeness (QED) is 0.779. The van der Waals surface area contributed by atoms with Crippen molar-refractivity contribution in [1.82, 2.24) is 5.32 Å². The summed E-state index contributed by atoms with van der Waals surface area (Å²) in [5, 5.41) is 3.19. The molecule has 3 fully saturated rings. The fourth-order valence-electron chi connectivity index (χ4n) is 4.55. The van der Waals surface area contributed by atoms with E-state index in [1.54, 1.807) is 0 Å². The lowest BCUT2D eigenvalue weighted by molar-refractivity contribution is -0.145. The largest absolute Gasteiger partial charge is 0.353 e. The van der Waals surface area contributed by atoms with Crippen LogP contribution in [-0.2, 0) is 9.59 Å². The van der Waals surface area contributed by atoms with Gasteiger partial charge in [0.15, 0.2) is 5.78 Å². The first-order chi connectivity index (χ1) is 8.97. The van der Waals surface area contributed by atoms with E-state index in [0.29, 0.717) is 12.0 Å². The summed E-state index contributed by atoms with van der Waals surface area (Å²) in [6.45, 7) is 4.05. The van der Waals surface area contributed by atoms with E-state index in [9.17, 15) is 9.59 Å². The van der Waals surface area contributed by atoms with E-state index in [4.69, 9.17) is 0 Å². The first-order valence-corrected chi connectivity index (χ1v) is 7.83. The average Bonchev–Trinajstić information content (AvgIpc) is 2.91. The fraction of sp³-hybridized carbons (Fsp3) is 0.875. The van der Waals surface area contributed by atoms with Crippen molar-refractivity contribution in [3.05, 3.63) is 0 Å². The van der Waals surface area contributed by atoms with E-state index in [1.165, 1.54) is 19.3 Å². The van der Waals surface area contributed by atoms with Gasteiger partial charge in [0.2, 0.25) is 5.91 Å². The molecule has 0 heterocycles. The zero-order chi connectivity index (χ0) is 13.7. The molecule has 3 rings (SSSR count). The summed E-state index contributed by atoms with van der Waals surface area (Å²) in [4.78, 5) is 25.3. The Morgan fingerprint density at radius 2 is 1.84 bits per heavy atom. The highest BCUT2D eigenvalue weighted by Gasteiger charge is 2.65. The molecule has 3 aliphatic rings. The van der Waals surface area contributed by atoms with Gasteiger partial charge in [-0.3, -0.25) is 9.59 Å². The molecular weight excluding hydrogens is 238 g/mol. The molecule has 3 aliphatic carbocycles. The molecule has 2 unspecified atom stereocenters. The number of carbonyl (C=O) groups excluding carboxylic acids is 2. The number of amides is 1. The molecule has 3 saturated carbocycles. The van der Waals surface area contributed by atoms with Gasteiger partial charge in [0, 0.05) is 11.5 Å². The number of ketones is 1. The zero-order valence-corrected chi connectivity index (χ0v) is 12.1. The Kier molecular flexibility index (Phi) is 2.99. The van der Waals surface area contributed by atoms with Gasteiger partial charge in [0.1, 0.15) is 5.41 Å². The Morgan fingerprint density at radius 3 is 2.42 bits per heavy atom. The Morgan fingerprint density at radius 1 is 1.16 bits per heavy atom. The van der Waals surface area contributed by atoms with Crippen molar-refractivity contribution < 1.29 is 9.59 Å². The monoisotopic (exact) mass is 263 g/mol. The third kappa shape index (κ3) is 1.85. The van der Waals surface area contributed by atoms with E-state index in [-0.39, 0.29) is 17.1 Å². The van der Waals surface area contributed by atoms with Gasteiger partial charge in [-0.2, -0.15) is 0 Å². The Bertz CT molecular complexity index is 409. The van der Waals surface area contributed by atoms with Crippen molar-refractivity contribution >= 4 is 11.7 Å². The van der Waals surface area contributed by atoms with E-state index in [1.807, 2.05) is 13.8 Å². The van der Waals surface area contributed by atoms with Gasteiger partial charge >= 0.3 is 0 Å². The van der Waals surface area contributed by atoms with Gasteiger partial charge in [0.25, 0.3) is 0 Å². The predicted molar refractivity (Wildman–Crippen MR) is 73.6 cm³/mol. The second-order valence-corrected chi connectivity index (χ2v) is 7.38. The summed E-state index contributed by atoms with van der Waals surface area (Å²) in [6.07, 6.45) is 8.48. The third-order valence-corrected chi connectivity index (χ3v) is 5.93. The van der Waals surface area contributed by atoms with Crippen LogP contribution in [0.15, 0.2) is 0 Å². The molecule has 2 atom stereocenters. The summed E-state index contributed by atoms with van der Waals surface area (Å²) >= 11 is 0. The summed E-state index contributed by atoms with van der Waals surface area (Å²) in [7, 11) is 0. The molecule has 19 heavy (non-hydrogen) atoms. The van der Waals surface area contributed by atoms with Crippen LogP contribution in [0.2, 0.25) is 0 Å². The molecular formula is C16H25NO2. The van der Waals surface area contributed by atoms with Gasteiger partial charge in [-0.15, -0.1) is 0 Å². The first kappa shape index (κ1) is 13.1. The second kappa shape index (κ2) is 4.32. The molecule has 2 bridgehead atoms. The smallest absolute Gasteiger partial charge is 0.233 e. The van der Waals surface area contributed by atoms with Crippen LogP contribution in [0, 0.1) is 16.7 Å². The molecule has 0 aliphatic heterocycles. The van der Waals surface area contributed by atoms with Gasteiger partial charge < -0.3 is 5.32 Å². The Balaban J connectivity index is 1.74. The van der Waals surface area contributed by atoms with Gasteiger partial charge in [-0.1, -0.05) is 33.1 Å². The van der Waals surface area contributed by atoms with Crippen LogP contribution < -0.4 is 5.32 Å². The number of hydrogen-bond acceptors (Lipinski definition) is 2. The lowest BCUT2D eigenvalue weighted by Gasteiger charge is -2.34. The van der Waals surface area contributed by atoms with Crippen LogP contribution in [0.1, 0.15) is 65.2 Å². The van der Waals surface area contributed by atoms with Crippen molar-refractivity contribution in [1.29, 1.82) is 0 Å². The van der Waals surface area contributed by atoms with E-state index in [0.717, 1.165) is 32.1 Å². The van der Waals surface area contributed by atoms with E-state index >= 15 is 0 Å². The maximum absolute atomic E-state index is 12.7. The third-order valence-electron chi connectivity index (χ3n) is 5.93. The number of fused-ring (bicyclic) bond motifs is 2. The van der Waals surface area contributed by atoms with Crippen molar-refractivity contribution in [3.63, 3.8) is 0 Å². The molecule has 3 heteroatoms. The van der Waals surface area contributed by atoms with E-state index in [2.05, 4.69) is 5.32 Å². The summed E-state index contributed by atoms with van der Waals surface area (Å²) < 4.78 is 0. The minimum atomic E-state index is -0.675. The molecule has 0 aromatic heterocycles. The summed E-state index contributed by atoms with van der Waals surface area (Å²) in [5.41, 5.74) is -0.965. The number of Topliss-reactive ketones (excluding diaryl/α,β-unsaturated/α-hetero) is 1. The molecule has 0 saturated heterocycles. The SMILES string of the molecule is CC1(C)C(=O)C2(C(=O)NC3CCCCC3)CCC1C2. The van der Waals surface area contributed by atoms with Crippen molar-refractivity contribution in [2.45, 2.75) is 71.3 Å². The normalized spacial score (nSPS) is 37.6. The highest BCUT2D eigenvalue weighted by molar-refractivity contribution is 6.10. The predicted octanol–water partition coefficient (Wildman–Crippen LogP) is 2.83. The van der Waals surface area contributed by atoms with Crippen molar-refractivity contribution in [2.75, 3.05) is 0 Å². The maximum atomic E-state index is 12.7. The number of carbonyl (C=O) groups is 2. The molecule has 0 spiro atoms. The highest BCUT2D eigenvalue weighted by atomic mass is 16.2. The molecule has 0 radical (unpaired) electrons. The van der Waals surface area contributed by atoms with Crippen LogP contribution in [0.4, 0.5) is 0 Å². The highest BCUT2D eigenvalue weighted by Crippen LogP contribution is 2.60. The molecule has 0 aromatic carbocycles. The van der Waals surface area contributed by atoms with Gasteiger partial charge in [0.05, 0.1) is 0 Å². The molecule has 1 N–H and O–H groups in total. The second-order valence-electron chi connectivity index (χ2n) is 7.38. The lowest BCUT2D eigenvalue weighted by atomic mass is 9.70. The van der Waals surface area contributed by atoms with Crippen LogP contribution in [0.5, 0.6) is 0 Å². The molecule has 1 amide bonds. The topological polar surface area (TPSA) is 46.2 Å². The standard InChI is InChI=1S/C16H25NO2/c1-15(2)11-8-9-16(10-11,13(15)18)14(19)17-12-6-4-3-5-7-12/h11-12H,3-10H2,1-2H3,(H,17,19). The minimum absolute atomic E-state index is 0.0393. The maximum Gasteiger partial charge on any atom is 0.233 e. The van der Waals surface area contributed by atoms with Crippen LogP contribution in [-0.4, -0.2) is 17.7 Å². The Labute approximate surface area is 115 Å². The number of nitrogens with one attached hydrogen (secondary N) is 1. The van der Waals surface area contributed by atoms with Gasteiger partial charge in [-0.05, 0) is 38.0 Å². The van der Waals surface area contributed by atoms with Crippen LogP contribution in [0.3, 0.4) is 0 Å². The number of rotatable bonds is 2. The summed E-state index contributed by atoms with van der Waals surface area (Å²) in [5.74, 6) is 0.652. The number of hydrogen-bond donors (Lipinski definition) is 1. The first-order valence-electron chi connectivity index (χ1n) is 7.83. The van der Waals surface area contributed by atoms with E-state index < -0.39 is 5.41 Å². The molecule has 106 valence electrons. The average molecular weight is 263 g/mol. The van der Waals surface area contributed by atoms with Crippen LogP contribution in [0.25, 0.3) is 0 Å². The molecule has 3 nitrogen and oxygen atoms in total. The zero-order valence-electron chi connectivity index (χ0n) is 12.1. The Hall–Kier alpha value is -0.860. The summed E-state index contributed by atoms with van der Waals surface area (Å²) in [6, 6.07) is 0.311. The minimum Gasteiger partial charge on any atom is -0.353 e. The van der Waals surface area contributed by atoms with Gasteiger partial charge in [-0.25, -0.2) is 0 Å². The molecule has 0 aromatic rings. The van der Waals surface area contributed by atoms with Crippen LogP contribution >= 0.6 is 0 Å². The lowest BCUT2D eigenvalue weighted by Crippen LogP contribution is -2.50.